The molecule has 0 aromatic carbocycles. The van der Waals surface area contributed by atoms with Crippen LogP contribution in [0.2, 0.25) is 0 Å². The minimum Gasteiger partial charge on any atom is -0.460 e. The van der Waals surface area contributed by atoms with Crippen LogP contribution in [0.15, 0.2) is 22.9 Å². The van der Waals surface area contributed by atoms with Gasteiger partial charge < -0.3 is 13.3 Å². The van der Waals surface area contributed by atoms with E-state index in [1.165, 1.54) is 13.1 Å². The first-order valence-electron chi connectivity index (χ1n) is 5.71. The Balaban J connectivity index is 2.60. The van der Waals surface area contributed by atoms with Crippen molar-refractivity contribution in [2.24, 2.45) is 0 Å². The summed E-state index contributed by atoms with van der Waals surface area (Å²) in [6.07, 6.45) is 2.25. The van der Waals surface area contributed by atoms with Crippen molar-refractivity contribution >= 4 is 27.1 Å². The van der Waals surface area contributed by atoms with Crippen molar-refractivity contribution in [3.05, 3.63) is 24.2 Å². The Bertz CT molecular complexity index is 811. The van der Waals surface area contributed by atoms with E-state index in [0.29, 0.717) is 0 Å². The van der Waals surface area contributed by atoms with Gasteiger partial charge in [-0.1, -0.05) is 0 Å². The smallest absolute Gasteiger partial charge is 0.460 e. The monoisotopic (exact) mass is 339 g/mol. The van der Waals surface area contributed by atoms with E-state index in [1.807, 2.05) is 0 Å². The van der Waals surface area contributed by atoms with Crippen LogP contribution in [0.5, 0.6) is 5.75 Å². The Morgan fingerprint density at radius 3 is 2.68 bits per heavy atom. The molecule has 0 fully saturated rings. The van der Waals surface area contributed by atoms with E-state index in [1.54, 1.807) is 0 Å². The third-order valence-electron chi connectivity index (χ3n) is 2.38. The van der Waals surface area contributed by atoms with Gasteiger partial charge in [-0.2, -0.15) is 21.6 Å². The zero-order chi connectivity index (χ0) is 16.5. The molecule has 0 spiro atoms. The van der Waals surface area contributed by atoms with E-state index >= 15 is 0 Å². The number of rotatable bonds is 4. The van der Waals surface area contributed by atoms with Crippen LogP contribution in [0.1, 0.15) is 17.5 Å². The molecule has 0 radical (unpaired) electrons. The van der Waals surface area contributed by atoms with Gasteiger partial charge in [-0.15, -0.1) is 0 Å². The number of pyridine rings is 1. The Morgan fingerprint density at radius 1 is 1.41 bits per heavy atom. The summed E-state index contributed by atoms with van der Waals surface area (Å²) in [5.41, 5.74) is -5.78. The van der Waals surface area contributed by atoms with Crippen molar-refractivity contribution in [1.29, 1.82) is 0 Å². The molecule has 0 saturated carbocycles. The number of hydrogen-bond acceptors (Lipinski definition) is 7. The second-order valence-electron chi connectivity index (χ2n) is 3.84. The van der Waals surface area contributed by atoms with E-state index in [9.17, 15) is 26.4 Å². The maximum atomic E-state index is 12.4. The number of carbonyl (C=O) groups excluding carboxylic acids is 1. The summed E-state index contributed by atoms with van der Waals surface area (Å²) in [6, 6.07) is 1.14. The molecule has 0 aliphatic rings. The molecule has 0 amide bonds. The third-order valence-corrected chi connectivity index (χ3v) is 3.34. The number of carbonyl (C=O) groups is 1. The molecule has 120 valence electrons. The van der Waals surface area contributed by atoms with E-state index in [0.717, 1.165) is 12.3 Å². The van der Waals surface area contributed by atoms with Crippen molar-refractivity contribution in [2.45, 2.75) is 12.4 Å². The van der Waals surface area contributed by atoms with Crippen LogP contribution in [-0.2, 0) is 14.9 Å². The van der Waals surface area contributed by atoms with Crippen LogP contribution in [-0.4, -0.2) is 31.5 Å². The molecule has 7 nitrogen and oxygen atoms in total. The number of ether oxygens (including phenoxy) is 1. The number of aromatic nitrogens is 1. The van der Waals surface area contributed by atoms with E-state index in [4.69, 9.17) is 4.42 Å². The minimum absolute atomic E-state index is 0.0976. The predicted octanol–water partition coefficient (Wildman–Crippen LogP) is 2.23. The highest BCUT2D eigenvalue weighted by Gasteiger charge is 2.49. The molecule has 2 heterocycles. The van der Waals surface area contributed by atoms with Crippen molar-refractivity contribution < 1.29 is 39.7 Å². The van der Waals surface area contributed by atoms with E-state index < -0.39 is 33.1 Å². The minimum atomic E-state index is -5.97. The second kappa shape index (κ2) is 5.48. The highest BCUT2D eigenvalue weighted by Crippen LogP contribution is 2.36. The fourth-order valence-corrected chi connectivity index (χ4v) is 1.98. The van der Waals surface area contributed by atoms with Gasteiger partial charge in [0, 0.05) is 6.20 Å². The summed E-state index contributed by atoms with van der Waals surface area (Å²) in [5, 5.41) is -0.161. The molecule has 22 heavy (non-hydrogen) atoms. The molecule has 2 aromatic rings. The van der Waals surface area contributed by atoms with Crippen LogP contribution >= 0.6 is 0 Å². The van der Waals surface area contributed by atoms with E-state index in [2.05, 4.69) is 13.9 Å². The second-order valence-corrected chi connectivity index (χ2v) is 5.37. The molecule has 0 atom stereocenters. The molecule has 2 rings (SSSR count). The molecule has 0 saturated heterocycles. The number of hydrogen-bond donors (Lipinski definition) is 0. The highest BCUT2D eigenvalue weighted by molar-refractivity contribution is 7.88. The molecule has 0 aliphatic heterocycles. The third kappa shape index (κ3) is 2.84. The predicted molar refractivity (Wildman–Crippen MR) is 65.6 cm³/mol. The van der Waals surface area contributed by atoms with Gasteiger partial charge in [-0.3, -0.25) is 4.98 Å². The topological polar surface area (TPSA) is 95.7 Å². The van der Waals surface area contributed by atoms with Gasteiger partial charge in [0.05, 0.1) is 18.2 Å². The summed E-state index contributed by atoms with van der Waals surface area (Å²) >= 11 is 0. The number of fused-ring (bicyclic) bond motifs is 1. The van der Waals surface area contributed by atoms with Crippen LogP contribution in [0.25, 0.3) is 11.0 Å². The van der Waals surface area contributed by atoms with Crippen molar-refractivity contribution in [3.63, 3.8) is 0 Å². The van der Waals surface area contributed by atoms with Gasteiger partial charge in [-0.05, 0) is 13.0 Å². The number of furan rings is 1. The molecule has 0 unspecified atom stereocenters. The van der Waals surface area contributed by atoms with Gasteiger partial charge in [0.2, 0.25) is 5.75 Å². The quantitative estimate of drug-likeness (QED) is 0.479. The summed E-state index contributed by atoms with van der Waals surface area (Å²) in [4.78, 5) is 15.3. The normalized spacial score (nSPS) is 12.4. The maximum Gasteiger partial charge on any atom is 0.534 e. The molecule has 11 heteroatoms. The molecule has 2 aromatic heterocycles. The number of halogens is 3. The summed E-state index contributed by atoms with van der Waals surface area (Å²) in [5.74, 6) is -2.85. The maximum absolute atomic E-state index is 12.4. The number of nitrogens with zero attached hydrogens (tertiary/aromatic N) is 1. The largest absolute Gasteiger partial charge is 0.534 e. The van der Waals surface area contributed by atoms with Crippen LogP contribution in [0.3, 0.4) is 0 Å². The summed E-state index contributed by atoms with van der Waals surface area (Å²) in [7, 11) is -5.97. The average Bonchev–Trinajstić information content (AvgIpc) is 2.76. The first-order valence-corrected chi connectivity index (χ1v) is 7.12. The van der Waals surface area contributed by atoms with Gasteiger partial charge in [-0.25, -0.2) is 4.79 Å². The van der Waals surface area contributed by atoms with Crippen LogP contribution in [0.4, 0.5) is 13.2 Å². The first kappa shape index (κ1) is 16.1. The zero-order valence-corrected chi connectivity index (χ0v) is 11.7. The molecule has 0 aliphatic carbocycles. The van der Waals surface area contributed by atoms with E-state index in [-0.39, 0.29) is 17.6 Å². The number of alkyl halides is 3. The van der Waals surface area contributed by atoms with Crippen molar-refractivity contribution in [2.75, 3.05) is 6.61 Å². The van der Waals surface area contributed by atoms with Gasteiger partial charge in [0.15, 0.2) is 5.58 Å². The van der Waals surface area contributed by atoms with Gasteiger partial charge >= 0.3 is 21.6 Å². The summed E-state index contributed by atoms with van der Waals surface area (Å²) < 4.78 is 73.2. The fourth-order valence-electron chi connectivity index (χ4n) is 1.50. The molecular weight excluding hydrogens is 331 g/mol. The first-order chi connectivity index (χ1) is 10.2. The van der Waals surface area contributed by atoms with Gasteiger partial charge in [0.25, 0.3) is 5.76 Å². The Hall–Kier alpha value is -2.30. The SMILES string of the molecule is CCOC(=O)c1oc2cnccc2c1OS(=O)(=O)C(F)(F)F. The van der Waals surface area contributed by atoms with Crippen molar-refractivity contribution in [1.82, 2.24) is 4.98 Å². The lowest BCUT2D eigenvalue weighted by Gasteiger charge is -2.09. The van der Waals surface area contributed by atoms with Crippen LogP contribution < -0.4 is 4.18 Å². The fraction of sp³-hybridized carbons (Fsp3) is 0.273. The Kier molecular flexibility index (Phi) is 4.00. The molecule has 0 N–H and O–H groups in total. The lowest BCUT2D eigenvalue weighted by Crippen LogP contribution is -2.28. The van der Waals surface area contributed by atoms with Crippen LogP contribution in [0, 0.1) is 0 Å². The van der Waals surface area contributed by atoms with Gasteiger partial charge in [0.1, 0.15) is 0 Å². The Morgan fingerprint density at radius 2 is 2.09 bits per heavy atom. The Labute approximate surface area is 121 Å². The van der Waals surface area contributed by atoms with Crippen molar-refractivity contribution in [3.8, 4) is 5.75 Å². The molecule has 0 bridgehead atoms. The number of esters is 1. The molecular formula is C11H8F3NO6S. The zero-order valence-electron chi connectivity index (χ0n) is 10.9. The lowest BCUT2D eigenvalue weighted by molar-refractivity contribution is -0.0500. The highest BCUT2D eigenvalue weighted by atomic mass is 32.2. The standard InChI is InChI=1S/C11H8F3NO6S/c1-2-19-10(16)9-8(21-22(17,18)11(12,13)14)6-3-4-15-5-7(6)20-9/h3-5H,2H2,1H3. The average molecular weight is 339 g/mol. The summed E-state index contributed by atoms with van der Waals surface area (Å²) in [6.45, 7) is 1.36. The lowest BCUT2D eigenvalue weighted by atomic mass is 10.3.